The summed E-state index contributed by atoms with van der Waals surface area (Å²) in [6.07, 6.45) is 3.44. The number of thiazole rings is 1. The number of carbonyl (C=O) groups is 2. The molecule has 0 saturated heterocycles. The minimum absolute atomic E-state index is 0.0246. The number of aryl methyl sites for hydroxylation is 2. The first kappa shape index (κ1) is 20.7. The van der Waals surface area contributed by atoms with Crippen molar-refractivity contribution in [3.63, 3.8) is 0 Å². The molecule has 3 aromatic rings. The van der Waals surface area contributed by atoms with Crippen molar-refractivity contribution >= 4 is 23.2 Å². The molecule has 2 heterocycles. The number of hydrogen-bond acceptors (Lipinski definition) is 6. The van der Waals surface area contributed by atoms with Crippen LogP contribution in [0.3, 0.4) is 0 Å². The minimum Gasteiger partial charge on any atom is -0.455 e. The molecule has 1 N–H and O–H groups in total. The van der Waals surface area contributed by atoms with Crippen LogP contribution >= 0.6 is 11.3 Å². The highest BCUT2D eigenvalue weighted by molar-refractivity contribution is 7.13. The van der Waals surface area contributed by atoms with E-state index in [1.807, 2.05) is 56.5 Å². The van der Waals surface area contributed by atoms with E-state index >= 15 is 0 Å². The molecule has 0 bridgehead atoms. The Morgan fingerprint density at radius 2 is 2.03 bits per heavy atom. The molecule has 0 radical (unpaired) electrons. The molecule has 1 atom stereocenters. The van der Waals surface area contributed by atoms with Crippen LogP contribution in [0.4, 0.5) is 0 Å². The Hall–Kier alpha value is -3.06. The first-order valence-electron chi connectivity index (χ1n) is 9.29. The molecule has 0 unspecified atom stereocenters. The molecule has 150 valence electrons. The quantitative estimate of drug-likeness (QED) is 0.601. The van der Waals surface area contributed by atoms with Crippen LogP contribution < -0.4 is 5.32 Å². The van der Waals surface area contributed by atoms with Crippen molar-refractivity contribution in [2.24, 2.45) is 0 Å². The lowest BCUT2D eigenvalue weighted by Gasteiger charge is -2.15. The molecule has 0 aliphatic heterocycles. The van der Waals surface area contributed by atoms with Crippen LogP contribution in [-0.2, 0) is 20.7 Å². The van der Waals surface area contributed by atoms with Gasteiger partial charge in [0.15, 0.2) is 6.61 Å². The van der Waals surface area contributed by atoms with Crippen LogP contribution in [0, 0.1) is 13.8 Å². The predicted octanol–water partition coefficient (Wildman–Crippen LogP) is 3.79. The first-order valence-corrected chi connectivity index (χ1v) is 10.2. The van der Waals surface area contributed by atoms with Gasteiger partial charge in [0.05, 0.1) is 18.2 Å². The van der Waals surface area contributed by atoms with Gasteiger partial charge in [0.2, 0.25) is 0 Å². The third kappa shape index (κ3) is 5.71. The van der Waals surface area contributed by atoms with Crippen molar-refractivity contribution in [2.75, 3.05) is 6.61 Å². The molecular weight excluding hydrogens is 386 g/mol. The van der Waals surface area contributed by atoms with Crippen LogP contribution in [0.2, 0.25) is 0 Å². The fourth-order valence-corrected chi connectivity index (χ4v) is 3.57. The highest BCUT2D eigenvalue weighted by atomic mass is 32.1. The van der Waals surface area contributed by atoms with E-state index in [2.05, 4.69) is 15.3 Å². The van der Waals surface area contributed by atoms with Crippen molar-refractivity contribution in [1.82, 2.24) is 15.3 Å². The Morgan fingerprint density at radius 3 is 2.76 bits per heavy atom. The number of aromatic nitrogens is 2. The summed E-state index contributed by atoms with van der Waals surface area (Å²) in [5, 5.41) is 5.45. The van der Waals surface area contributed by atoms with Gasteiger partial charge in [0.25, 0.3) is 5.91 Å². The average molecular weight is 410 g/mol. The topological polar surface area (TPSA) is 81.2 Å². The summed E-state index contributed by atoms with van der Waals surface area (Å²) in [6, 6.07) is 9.65. The van der Waals surface area contributed by atoms with E-state index in [0.717, 1.165) is 16.1 Å². The highest BCUT2D eigenvalue weighted by Crippen LogP contribution is 2.23. The van der Waals surface area contributed by atoms with E-state index in [9.17, 15) is 9.59 Å². The maximum Gasteiger partial charge on any atom is 0.312 e. The Labute approximate surface area is 174 Å². The fourth-order valence-electron chi connectivity index (χ4n) is 2.76. The highest BCUT2D eigenvalue weighted by Gasteiger charge is 2.14. The lowest BCUT2D eigenvalue weighted by molar-refractivity contribution is -0.148. The molecule has 3 rings (SSSR count). The van der Waals surface area contributed by atoms with Crippen molar-refractivity contribution in [2.45, 2.75) is 33.2 Å². The number of ether oxygens (including phenoxy) is 1. The van der Waals surface area contributed by atoms with Crippen LogP contribution in [-0.4, -0.2) is 28.5 Å². The summed E-state index contributed by atoms with van der Waals surface area (Å²) in [6.45, 7) is 5.67. The number of benzene rings is 1. The summed E-state index contributed by atoms with van der Waals surface area (Å²) >= 11 is 1.44. The van der Waals surface area contributed by atoms with E-state index in [-0.39, 0.29) is 25.0 Å². The van der Waals surface area contributed by atoms with Crippen molar-refractivity contribution in [3.8, 4) is 10.6 Å². The molecule has 1 aromatic carbocycles. The average Bonchev–Trinajstić information content (AvgIpc) is 3.17. The molecule has 0 aliphatic rings. The normalized spacial score (nSPS) is 11.7. The van der Waals surface area contributed by atoms with Gasteiger partial charge < -0.3 is 10.1 Å². The zero-order valence-corrected chi connectivity index (χ0v) is 17.5. The lowest BCUT2D eigenvalue weighted by atomic mass is 10.0. The molecule has 0 fully saturated rings. The second kappa shape index (κ2) is 9.43. The summed E-state index contributed by atoms with van der Waals surface area (Å²) in [5.74, 6) is -0.819. The van der Waals surface area contributed by atoms with Gasteiger partial charge in [-0.2, -0.15) is 0 Å². The zero-order chi connectivity index (χ0) is 20.8. The van der Waals surface area contributed by atoms with Gasteiger partial charge in [-0.3, -0.25) is 14.6 Å². The minimum atomic E-state index is -0.484. The Morgan fingerprint density at radius 1 is 1.21 bits per heavy atom. The summed E-state index contributed by atoms with van der Waals surface area (Å²) in [7, 11) is 0. The molecule has 6 nitrogen and oxygen atoms in total. The fraction of sp³-hybridized carbons (Fsp3) is 0.273. The number of esters is 1. The number of nitrogens with zero attached hydrogens (tertiary/aromatic N) is 2. The van der Waals surface area contributed by atoms with E-state index in [1.165, 1.54) is 22.5 Å². The Bertz CT molecular complexity index is 1000. The third-order valence-electron chi connectivity index (χ3n) is 4.56. The van der Waals surface area contributed by atoms with Gasteiger partial charge in [-0.25, -0.2) is 4.98 Å². The maximum atomic E-state index is 12.1. The van der Waals surface area contributed by atoms with Gasteiger partial charge in [0.1, 0.15) is 5.01 Å². The van der Waals surface area contributed by atoms with Crippen LogP contribution in [0.1, 0.15) is 35.3 Å². The third-order valence-corrected chi connectivity index (χ3v) is 5.50. The number of hydrogen-bond donors (Lipinski definition) is 1. The van der Waals surface area contributed by atoms with Gasteiger partial charge in [-0.15, -0.1) is 11.3 Å². The maximum absolute atomic E-state index is 12.1. The van der Waals surface area contributed by atoms with E-state index in [0.29, 0.717) is 5.69 Å². The molecule has 0 spiro atoms. The van der Waals surface area contributed by atoms with Gasteiger partial charge in [-0.1, -0.05) is 18.2 Å². The largest absolute Gasteiger partial charge is 0.455 e. The van der Waals surface area contributed by atoms with Crippen molar-refractivity contribution in [3.05, 3.63) is 70.5 Å². The van der Waals surface area contributed by atoms with Crippen molar-refractivity contribution in [1.29, 1.82) is 0 Å². The SMILES string of the molecule is Cc1ccc([C@@H](C)NC(=O)COC(=O)Cc2csc(-c3cccnc3)n2)cc1C. The second-order valence-corrected chi connectivity index (χ2v) is 7.71. The van der Waals surface area contributed by atoms with Crippen LogP contribution in [0.15, 0.2) is 48.1 Å². The summed E-state index contributed by atoms with van der Waals surface area (Å²) in [4.78, 5) is 32.7. The Kier molecular flexibility index (Phi) is 6.72. The standard InChI is InChI=1S/C22H23N3O3S/c1-14-6-7-17(9-15(14)2)16(3)24-20(26)12-28-21(27)10-19-13-29-22(25-19)18-5-4-8-23-11-18/h4-9,11,13,16H,10,12H2,1-3H3,(H,24,26)/t16-/m1/s1. The number of carbonyl (C=O) groups excluding carboxylic acids is 2. The molecule has 0 saturated carbocycles. The number of pyridine rings is 1. The first-order chi connectivity index (χ1) is 13.9. The molecule has 7 heteroatoms. The monoisotopic (exact) mass is 409 g/mol. The van der Waals surface area contributed by atoms with E-state index < -0.39 is 5.97 Å². The number of amides is 1. The van der Waals surface area contributed by atoms with Gasteiger partial charge >= 0.3 is 5.97 Å². The summed E-state index contributed by atoms with van der Waals surface area (Å²) in [5.41, 5.74) is 4.90. The van der Waals surface area contributed by atoms with Gasteiger partial charge in [0, 0.05) is 23.3 Å². The summed E-state index contributed by atoms with van der Waals surface area (Å²) < 4.78 is 5.10. The Balaban J connectivity index is 1.47. The number of nitrogens with one attached hydrogen (secondary N) is 1. The van der Waals surface area contributed by atoms with Crippen LogP contribution in [0.5, 0.6) is 0 Å². The van der Waals surface area contributed by atoms with Crippen molar-refractivity contribution < 1.29 is 14.3 Å². The van der Waals surface area contributed by atoms with E-state index in [4.69, 9.17) is 4.74 Å². The molecule has 2 aromatic heterocycles. The lowest BCUT2D eigenvalue weighted by Crippen LogP contribution is -2.31. The van der Waals surface area contributed by atoms with E-state index in [1.54, 1.807) is 12.4 Å². The molecule has 0 aliphatic carbocycles. The van der Waals surface area contributed by atoms with Crippen LogP contribution in [0.25, 0.3) is 10.6 Å². The predicted molar refractivity (Wildman–Crippen MR) is 112 cm³/mol. The second-order valence-electron chi connectivity index (χ2n) is 6.86. The molecule has 1 amide bonds. The molecule has 29 heavy (non-hydrogen) atoms. The van der Waals surface area contributed by atoms with Gasteiger partial charge in [-0.05, 0) is 49.6 Å². The molecular formula is C22H23N3O3S. The zero-order valence-electron chi connectivity index (χ0n) is 16.6. The smallest absolute Gasteiger partial charge is 0.312 e. The number of rotatable bonds is 7.